The third-order valence-corrected chi connectivity index (χ3v) is 14.7. The molecule has 6 nitrogen and oxygen atoms in total. The molecule has 0 aliphatic carbocycles. The molecule has 4 rings (SSSR count). The van der Waals surface area contributed by atoms with Crippen molar-refractivity contribution in [1.82, 2.24) is 0 Å². The smallest absolute Gasteiger partial charge is 0.744 e. The number of hydrogen-bond acceptors (Lipinski definition) is 6. The maximum Gasteiger partial charge on any atom is 2.00 e. The molecule has 0 saturated heterocycles. The maximum atomic E-state index is 11.8. The molecule has 0 amide bonds. The zero-order chi connectivity index (χ0) is 46.5. The fraction of sp³-hybridized carbons (Fsp3) is 0.643. The van der Waals surface area contributed by atoms with E-state index in [9.17, 15) is 25.9 Å². The molecule has 0 heterocycles. The third kappa shape index (κ3) is 23.6. The summed E-state index contributed by atoms with van der Waals surface area (Å²) in [5.74, 6) is 0. The standard InChI is InChI=1S/2C28H44O3S.Ca/c2*1-3-5-7-9-11-13-15-18-24-20-17-21-27-25(19-16-14-12-10-8-6-4-2)22-26(23-28(24)27)32(29,30)31;/h2*17,20-23H,3-16,18-19H2,1-2H3,(H,29,30,31);/q;;+2/p-2. The van der Waals surface area contributed by atoms with Crippen LogP contribution in [0.5, 0.6) is 0 Å². The maximum absolute atomic E-state index is 11.8. The Bertz CT molecular complexity index is 1960. The van der Waals surface area contributed by atoms with Crippen LogP contribution in [-0.4, -0.2) is 63.7 Å². The van der Waals surface area contributed by atoms with Crippen molar-refractivity contribution in [1.29, 1.82) is 0 Å². The molecule has 4 aromatic rings. The van der Waals surface area contributed by atoms with Crippen LogP contribution in [-0.2, 0) is 45.9 Å². The van der Waals surface area contributed by atoms with Crippen molar-refractivity contribution in [3.8, 4) is 0 Å². The van der Waals surface area contributed by atoms with Crippen LogP contribution in [0.3, 0.4) is 0 Å². The quantitative estimate of drug-likeness (QED) is 0.0262. The van der Waals surface area contributed by atoms with Crippen LogP contribution >= 0.6 is 0 Å². The van der Waals surface area contributed by atoms with E-state index in [1.54, 1.807) is 24.3 Å². The molecule has 0 aliphatic heterocycles. The molecule has 0 bridgehead atoms. The molecule has 0 unspecified atom stereocenters. The van der Waals surface area contributed by atoms with Gasteiger partial charge in [-0.3, -0.25) is 0 Å². The van der Waals surface area contributed by atoms with Crippen molar-refractivity contribution in [2.45, 2.75) is 243 Å². The number of fused-ring (bicyclic) bond motifs is 2. The number of hydrogen-bond donors (Lipinski definition) is 0. The van der Waals surface area contributed by atoms with Crippen LogP contribution in [0.2, 0.25) is 0 Å². The molecular formula is C56H86CaO6S2. The van der Waals surface area contributed by atoms with Gasteiger partial charge in [-0.15, -0.1) is 0 Å². The van der Waals surface area contributed by atoms with Gasteiger partial charge in [0.15, 0.2) is 0 Å². The Kier molecular flexibility index (Phi) is 31.8. The zero-order valence-corrected chi connectivity index (χ0v) is 45.2. The summed E-state index contributed by atoms with van der Waals surface area (Å²) in [6.07, 6.45) is 38.1. The van der Waals surface area contributed by atoms with Gasteiger partial charge in [-0.05, 0) is 119 Å². The average molecular weight is 960 g/mol. The first-order chi connectivity index (χ1) is 30.9. The van der Waals surface area contributed by atoms with E-state index in [1.165, 1.54) is 152 Å². The number of unbranched alkanes of at least 4 members (excludes halogenated alkanes) is 24. The summed E-state index contributed by atoms with van der Waals surface area (Å²) in [6, 6.07) is 19.0. The molecule has 0 aliphatic rings. The summed E-state index contributed by atoms with van der Waals surface area (Å²) in [7, 11) is -8.93. The fourth-order valence-corrected chi connectivity index (χ4v) is 10.3. The zero-order valence-electron chi connectivity index (χ0n) is 41.4. The summed E-state index contributed by atoms with van der Waals surface area (Å²) in [5.41, 5.74) is 4.35. The van der Waals surface area contributed by atoms with Crippen LogP contribution in [0.15, 0.2) is 70.5 Å². The number of benzene rings is 4. The Balaban J connectivity index is 0.000000440. The van der Waals surface area contributed by atoms with E-state index in [2.05, 4.69) is 64.1 Å². The third-order valence-electron chi connectivity index (χ3n) is 13.1. The molecule has 0 fully saturated rings. The van der Waals surface area contributed by atoms with Crippen molar-refractivity contribution in [3.05, 3.63) is 82.9 Å². The summed E-state index contributed by atoms with van der Waals surface area (Å²) < 4.78 is 71.1. The molecule has 0 aromatic heterocycles. The van der Waals surface area contributed by atoms with Crippen molar-refractivity contribution in [3.63, 3.8) is 0 Å². The molecule has 0 saturated carbocycles. The predicted octanol–water partition coefficient (Wildman–Crippen LogP) is 16.3. The SMILES string of the molecule is CCCCCCCCCc1cc(S(=O)(=O)[O-])cc2c(CCCCCCCCC)cccc12.CCCCCCCCCc1cc(S(=O)(=O)[O-])cc2c(CCCCCCCCC)cccc12.[Ca+2]. The van der Waals surface area contributed by atoms with Gasteiger partial charge in [0.05, 0.1) is 9.79 Å². The minimum absolute atomic E-state index is 0. The van der Waals surface area contributed by atoms with E-state index in [4.69, 9.17) is 0 Å². The number of rotatable bonds is 34. The van der Waals surface area contributed by atoms with Crippen molar-refractivity contribution in [2.24, 2.45) is 0 Å². The Hall–Kier alpha value is -1.52. The molecular weight excluding hydrogens is 873 g/mol. The molecule has 0 atom stereocenters. The predicted molar refractivity (Wildman–Crippen MR) is 276 cm³/mol. The molecule has 65 heavy (non-hydrogen) atoms. The van der Waals surface area contributed by atoms with Gasteiger partial charge in [-0.1, -0.05) is 218 Å². The van der Waals surface area contributed by atoms with E-state index < -0.39 is 20.2 Å². The first-order valence-corrected chi connectivity index (χ1v) is 28.8. The molecule has 0 N–H and O–H groups in total. The largest absolute Gasteiger partial charge is 2.00 e. The van der Waals surface area contributed by atoms with Gasteiger partial charge in [0.25, 0.3) is 0 Å². The minimum atomic E-state index is -4.47. The van der Waals surface area contributed by atoms with E-state index in [1.807, 2.05) is 0 Å². The monoisotopic (exact) mass is 959 g/mol. The van der Waals surface area contributed by atoms with Crippen molar-refractivity contribution < 1.29 is 25.9 Å². The van der Waals surface area contributed by atoms with Crippen molar-refractivity contribution >= 4 is 79.5 Å². The van der Waals surface area contributed by atoms with Gasteiger partial charge in [-0.25, -0.2) is 16.8 Å². The summed E-state index contributed by atoms with van der Waals surface area (Å²) >= 11 is 0. The second-order valence-electron chi connectivity index (χ2n) is 18.6. The molecule has 360 valence electrons. The Morgan fingerprint density at radius 3 is 0.831 bits per heavy atom. The Labute approximate surface area is 427 Å². The number of aryl methyl sites for hydroxylation is 4. The summed E-state index contributed by atoms with van der Waals surface area (Å²) in [6.45, 7) is 8.92. The van der Waals surface area contributed by atoms with Crippen LogP contribution in [0.25, 0.3) is 21.5 Å². The average Bonchev–Trinajstić information content (AvgIpc) is 3.27. The second kappa shape index (κ2) is 34.7. The fourth-order valence-electron chi connectivity index (χ4n) is 9.22. The van der Waals surface area contributed by atoms with Crippen molar-refractivity contribution in [2.75, 3.05) is 0 Å². The van der Waals surface area contributed by atoms with E-state index in [0.29, 0.717) is 0 Å². The normalized spacial score (nSPS) is 11.8. The van der Waals surface area contributed by atoms with Crippen LogP contribution in [0.4, 0.5) is 0 Å². The van der Waals surface area contributed by atoms with Gasteiger partial charge in [0.2, 0.25) is 0 Å². The minimum Gasteiger partial charge on any atom is -0.744 e. The first-order valence-electron chi connectivity index (χ1n) is 25.9. The molecule has 4 aromatic carbocycles. The second-order valence-corrected chi connectivity index (χ2v) is 21.3. The van der Waals surface area contributed by atoms with E-state index >= 15 is 0 Å². The molecule has 0 spiro atoms. The Morgan fingerprint density at radius 2 is 0.569 bits per heavy atom. The van der Waals surface area contributed by atoms with Crippen LogP contribution in [0, 0.1) is 0 Å². The summed E-state index contributed by atoms with van der Waals surface area (Å²) in [4.78, 5) is -0.148. The first kappa shape index (κ1) is 59.6. The molecule has 9 heteroatoms. The Morgan fingerprint density at radius 1 is 0.323 bits per heavy atom. The topological polar surface area (TPSA) is 114 Å². The summed E-state index contributed by atoms with van der Waals surface area (Å²) in [5, 5.41) is 4.13. The molecule has 0 radical (unpaired) electrons. The van der Waals surface area contributed by atoms with Crippen LogP contribution in [0.1, 0.15) is 230 Å². The van der Waals surface area contributed by atoms with Gasteiger partial charge in [0.1, 0.15) is 20.2 Å². The van der Waals surface area contributed by atoms with Crippen LogP contribution < -0.4 is 0 Å². The van der Waals surface area contributed by atoms with E-state index in [0.717, 1.165) is 96.9 Å². The van der Waals surface area contributed by atoms with Gasteiger partial charge < -0.3 is 9.11 Å². The van der Waals surface area contributed by atoms with E-state index in [-0.39, 0.29) is 47.5 Å². The van der Waals surface area contributed by atoms with Gasteiger partial charge >= 0.3 is 37.7 Å². The van der Waals surface area contributed by atoms with Gasteiger partial charge in [-0.2, -0.15) is 0 Å². The van der Waals surface area contributed by atoms with Gasteiger partial charge in [0, 0.05) is 0 Å².